The Morgan fingerprint density at radius 3 is 2.46 bits per heavy atom. The Morgan fingerprint density at radius 2 is 1.75 bits per heavy atom. The predicted octanol–water partition coefficient (Wildman–Crippen LogP) is 3.19. The van der Waals surface area contributed by atoms with E-state index in [1.54, 1.807) is 11.3 Å². The van der Waals surface area contributed by atoms with Crippen LogP contribution in [0.5, 0.6) is 0 Å². The maximum absolute atomic E-state index is 11.0. The fraction of sp³-hybridized carbons (Fsp3) is 0.389. The number of aromatic nitrogens is 3. The average Bonchev–Trinajstić information content (AvgIpc) is 2.96. The van der Waals surface area contributed by atoms with E-state index in [4.69, 9.17) is 0 Å². The van der Waals surface area contributed by atoms with Crippen LogP contribution in [0.3, 0.4) is 0 Å². The SMILES string of the molecule is Cc1nc(N2CCC(O)(c3ccccc3)CC2)c2nc(C)sc2n1. The van der Waals surface area contributed by atoms with Gasteiger partial charge in [0.2, 0.25) is 0 Å². The summed E-state index contributed by atoms with van der Waals surface area (Å²) in [5.41, 5.74) is 1.13. The molecule has 1 saturated heterocycles. The molecule has 1 aromatic carbocycles. The highest BCUT2D eigenvalue weighted by atomic mass is 32.1. The largest absolute Gasteiger partial charge is 0.385 e. The Balaban J connectivity index is 1.63. The summed E-state index contributed by atoms with van der Waals surface area (Å²) >= 11 is 1.60. The molecule has 1 N–H and O–H groups in total. The number of thiazole rings is 1. The molecule has 0 radical (unpaired) electrons. The quantitative estimate of drug-likeness (QED) is 0.776. The number of anilines is 1. The van der Waals surface area contributed by atoms with Gasteiger partial charge in [-0.25, -0.2) is 15.0 Å². The molecule has 0 spiro atoms. The highest BCUT2D eigenvalue weighted by Gasteiger charge is 2.35. The van der Waals surface area contributed by atoms with Gasteiger partial charge in [-0.05, 0) is 32.3 Å². The first kappa shape index (κ1) is 15.5. The first-order valence-corrected chi connectivity index (χ1v) is 9.01. The van der Waals surface area contributed by atoms with Gasteiger partial charge in [0, 0.05) is 13.1 Å². The second-order valence-electron chi connectivity index (χ2n) is 6.37. The number of rotatable bonds is 2. The van der Waals surface area contributed by atoms with Crippen LogP contribution in [0, 0.1) is 13.8 Å². The molecule has 0 atom stereocenters. The summed E-state index contributed by atoms with van der Waals surface area (Å²) in [4.78, 5) is 16.9. The normalized spacial score (nSPS) is 17.4. The van der Waals surface area contributed by atoms with Gasteiger partial charge < -0.3 is 10.0 Å². The van der Waals surface area contributed by atoms with Crippen LogP contribution in [0.15, 0.2) is 30.3 Å². The number of hydrogen-bond donors (Lipinski definition) is 1. The van der Waals surface area contributed by atoms with Crippen molar-refractivity contribution in [2.45, 2.75) is 32.3 Å². The summed E-state index contributed by atoms with van der Waals surface area (Å²) < 4.78 is 0. The zero-order valence-corrected chi connectivity index (χ0v) is 14.7. The Hall–Kier alpha value is -2.05. The molecule has 4 rings (SSSR count). The van der Waals surface area contributed by atoms with Gasteiger partial charge in [0.15, 0.2) is 5.82 Å². The molecular weight excluding hydrogens is 320 g/mol. The Bertz CT molecular complexity index is 869. The molecule has 0 amide bonds. The molecule has 0 saturated carbocycles. The minimum atomic E-state index is -0.753. The minimum Gasteiger partial charge on any atom is -0.385 e. The van der Waals surface area contributed by atoms with E-state index in [1.807, 2.05) is 44.2 Å². The van der Waals surface area contributed by atoms with E-state index in [0.29, 0.717) is 12.8 Å². The summed E-state index contributed by atoms with van der Waals surface area (Å²) in [5, 5.41) is 12.0. The van der Waals surface area contributed by atoms with E-state index in [1.165, 1.54) is 0 Å². The van der Waals surface area contributed by atoms with Crippen molar-refractivity contribution in [2.24, 2.45) is 0 Å². The van der Waals surface area contributed by atoms with Gasteiger partial charge in [-0.2, -0.15) is 0 Å². The number of piperidine rings is 1. The van der Waals surface area contributed by atoms with E-state index >= 15 is 0 Å². The third-order valence-corrected chi connectivity index (χ3v) is 5.53. The molecule has 6 heteroatoms. The number of fused-ring (bicyclic) bond motifs is 1. The topological polar surface area (TPSA) is 62.1 Å². The van der Waals surface area contributed by atoms with Crippen molar-refractivity contribution in [3.63, 3.8) is 0 Å². The van der Waals surface area contributed by atoms with Crippen molar-refractivity contribution in [3.05, 3.63) is 46.7 Å². The number of nitrogens with zero attached hydrogens (tertiary/aromatic N) is 4. The third-order valence-electron chi connectivity index (χ3n) is 4.66. The van der Waals surface area contributed by atoms with Crippen molar-refractivity contribution < 1.29 is 5.11 Å². The Kier molecular flexibility index (Phi) is 3.73. The predicted molar refractivity (Wildman–Crippen MR) is 96.5 cm³/mol. The third kappa shape index (κ3) is 2.65. The molecule has 3 aromatic rings. The summed E-state index contributed by atoms with van der Waals surface area (Å²) in [6.07, 6.45) is 1.37. The molecule has 124 valence electrons. The second kappa shape index (κ2) is 5.79. The van der Waals surface area contributed by atoms with E-state index in [0.717, 1.165) is 45.6 Å². The number of aryl methyl sites for hydroxylation is 2. The zero-order valence-electron chi connectivity index (χ0n) is 13.9. The molecule has 24 heavy (non-hydrogen) atoms. The summed E-state index contributed by atoms with van der Waals surface area (Å²) in [5.74, 6) is 1.67. The van der Waals surface area contributed by atoms with E-state index < -0.39 is 5.60 Å². The van der Waals surface area contributed by atoms with Gasteiger partial charge in [-0.15, -0.1) is 0 Å². The van der Waals surface area contributed by atoms with Crippen molar-refractivity contribution in [1.82, 2.24) is 15.0 Å². The van der Waals surface area contributed by atoms with Crippen LogP contribution >= 0.6 is 11.3 Å². The fourth-order valence-corrected chi connectivity index (χ4v) is 4.19. The smallest absolute Gasteiger partial charge is 0.159 e. The van der Waals surface area contributed by atoms with Crippen LogP contribution in [0.25, 0.3) is 10.3 Å². The van der Waals surface area contributed by atoms with Crippen molar-refractivity contribution >= 4 is 27.5 Å². The lowest BCUT2D eigenvalue weighted by Gasteiger charge is -2.39. The minimum absolute atomic E-state index is 0.685. The molecule has 3 heterocycles. The molecule has 1 fully saturated rings. The number of benzene rings is 1. The van der Waals surface area contributed by atoms with E-state index in [9.17, 15) is 5.11 Å². The highest BCUT2D eigenvalue weighted by molar-refractivity contribution is 7.18. The first-order chi connectivity index (χ1) is 11.5. The van der Waals surface area contributed by atoms with Gasteiger partial charge >= 0.3 is 0 Å². The lowest BCUT2D eigenvalue weighted by atomic mass is 9.84. The molecule has 0 bridgehead atoms. The highest BCUT2D eigenvalue weighted by Crippen LogP contribution is 2.36. The fourth-order valence-electron chi connectivity index (χ4n) is 3.36. The molecule has 2 aromatic heterocycles. The van der Waals surface area contributed by atoms with Crippen LogP contribution in [0.4, 0.5) is 5.82 Å². The van der Waals surface area contributed by atoms with E-state index in [2.05, 4.69) is 19.9 Å². The van der Waals surface area contributed by atoms with Gasteiger partial charge in [0.1, 0.15) is 16.2 Å². The van der Waals surface area contributed by atoms with Gasteiger partial charge in [0.05, 0.1) is 10.6 Å². The lowest BCUT2D eigenvalue weighted by Crippen LogP contribution is -2.43. The zero-order chi connectivity index (χ0) is 16.7. The Morgan fingerprint density at radius 1 is 1.04 bits per heavy atom. The number of hydrogen-bond acceptors (Lipinski definition) is 6. The molecular formula is C18H20N4OS. The van der Waals surface area contributed by atoms with Crippen molar-refractivity contribution in [3.8, 4) is 0 Å². The second-order valence-corrected chi connectivity index (χ2v) is 7.55. The molecule has 1 aliphatic rings. The monoisotopic (exact) mass is 340 g/mol. The molecule has 1 aliphatic heterocycles. The van der Waals surface area contributed by atoms with Crippen LogP contribution in [0.1, 0.15) is 29.2 Å². The Labute approximate surface area is 145 Å². The summed E-state index contributed by atoms with van der Waals surface area (Å²) in [6.45, 7) is 5.43. The van der Waals surface area contributed by atoms with E-state index in [-0.39, 0.29) is 0 Å². The first-order valence-electron chi connectivity index (χ1n) is 8.20. The lowest BCUT2D eigenvalue weighted by molar-refractivity contribution is 0.0117. The standard InChI is InChI=1S/C18H20N4OS/c1-12-19-16(15-17(20-12)24-13(2)21-15)22-10-8-18(23,9-11-22)14-6-4-3-5-7-14/h3-7,23H,8-11H2,1-2H3. The van der Waals surface area contributed by atoms with Crippen molar-refractivity contribution in [1.29, 1.82) is 0 Å². The molecule has 0 unspecified atom stereocenters. The number of aliphatic hydroxyl groups is 1. The van der Waals surface area contributed by atoms with Crippen LogP contribution in [-0.2, 0) is 5.60 Å². The van der Waals surface area contributed by atoms with Gasteiger partial charge in [0.25, 0.3) is 0 Å². The molecule has 5 nitrogen and oxygen atoms in total. The van der Waals surface area contributed by atoms with Gasteiger partial charge in [-0.1, -0.05) is 41.7 Å². The maximum atomic E-state index is 11.0. The average molecular weight is 340 g/mol. The summed E-state index contributed by atoms with van der Waals surface area (Å²) in [6, 6.07) is 9.95. The maximum Gasteiger partial charge on any atom is 0.159 e. The molecule has 0 aliphatic carbocycles. The summed E-state index contributed by atoms with van der Waals surface area (Å²) in [7, 11) is 0. The van der Waals surface area contributed by atoms with Crippen molar-refractivity contribution in [2.75, 3.05) is 18.0 Å². The van der Waals surface area contributed by atoms with Crippen LogP contribution in [0.2, 0.25) is 0 Å². The van der Waals surface area contributed by atoms with Gasteiger partial charge in [-0.3, -0.25) is 0 Å². The van der Waals surface area contributed by atoms with Crippen LogP contribution < -0.4 is 4.90 Å². The van der Waals surface area contributed by atoms with Crippen LogP contribution in [-0.4, -0.2) is 33.1 Å².